The number of ketones is 1. The summed E-state index contributed by atoms with van der Waals surface area (Å²) in [6.07, 6.45) is 1.26. The van der Waals surface area contributed by atoms with Crippen molar-refractivity contribution in [2.24, 2.45) is 5.92 Å². The number of amides is 2. The van der Waals surface area contributed by atoms with Crippen LogP contribution < -0.4 is 14.8 Å². The lowest BCUT2D eigenvalue weighted by Crippen LogP contribution is -2.40. The van der Waals surface area contributed by atoms with Gasteiger partial charge < -0.3 is 24.4 Å². The summed E-state index contributed by atoms with van der Waals surface area (Å²) in [5, 5.41) is 2.76. The summed E-state index contributed by atoms with van der Waals surface area (Å²) in [5.41, 5.74) is 1.53. The third-order valence-electron chi connectivity index (χ3n) is 6.26. The average molecular weight is 495 g/mol. The fourth-order valence-electron chi connectivity index (χ4n) is 4.27. The number of carbonyl (C=O) groups is 4. The molecule has 4 rings (SSSR count). The van der Waals surface area contributed by atoms with Gasteiger partial charge in [0.25, 0.3) is 5.91 Å². The number of nitrogens with zero attached hydrogens (tertiary/aromatic N) is 1. The molecule has 0 bridgehead atoms. The first-order valence-corrected chi connectivity index (χ1v) is 12.2. The molecule has 0 spiro atoms. The minimum absolute atomic E-state index is 0.0311. The number of piperidine rings is 1. The highest BCUT2D eigenvalue weighted by Crippen LogP contribution is 2.31. The molecular weight excluding hydrogens is 464 g/mol. The molecule has 0 aliphatic carbocycles. The molecular formula is C27H30N2O7. The molecule has 9 heteroatoms. The van der Waals surface area contributed by atoms with Gasteiger partial charge in [0.05, 0.1) is 12.5 Å². The SMILES string of the molecule is CCOC(=O)C1CCN(C(=O)c2ccc(NC(=O)CCC(=O)c3ccc4c(c3)OCCO4)cc2)CC1. The van der Waals surface area contributed by atoms with Crippen molar-refractivity contribution in [2.45, 2.75) is 32.6 Å². The van der Waals surface area contributed by atoms with Gasteiger partial charge in [0.1, 0.15) is 13.2 Å². The van der Waals surface area contributed by atoms with E-state index in [0.29, 0.717) is 74.1 Å². The number of ether oxygens (including phenoxy) is 3. The number of esters is 1. The Labute approximate surface area is 209 Å². The Morgan fingerprint density at radius 3 is 2.28 bits per heavy atom. The molecule has 36 heavy (non-hydrogen) atoms. The van der Waals surface area contributed by atoms with Crippen LogP contribution >= 0.6 is 0 Å². The fourth-order valence-corrected chi connectivity index (χ4v) is 4.27. The molecule has 0 atom stereocenters. The van der Waals surface area contributed by atoms with E-state index >= 15 is 0 Å². The monoisotopic (exact) mass is 494 g/mol. The van der Waals surface area contributed by atoms with Crippen LogP contribution in [0.2, 0.25) is 0 Å². The van der Waals surface area contributed by atoms with Crippen LogP contribution in [-0.4, -0.2) is 61.4 Å². The Morgan fingerprint density at radius 1 is 0.917 bits per heavy atom. The van der Waals surface area contributed by atoms with E-state index in [4.69, 9.17) is 14.2 Å². The van der Waals surface area contributed by atoms with Gasteiger partial charge in [-0.15, -0.1) is 0 Å². The second-order valence-electron chi connectivity index (χ2n) is 8.73. The van der Waals surface area contributed by atoms with Crippen LogP contribution in [0.15, 0.2) is 42.5 Å². The van der Waals surface area contributed by atoms with Crippen molar-refractivity contribution < 1.29 is 33.4 Å². The van der Waals surface area contributed by atoms with Crippen molar-refractivity contribution in [2.75, 3.05) is 38.2 Å². The highest BCUT2D eigenvalue weighted by Gasteiger charge is 2.28. The lowest BCUT2D eigenvalue weighted by molar-refractivity contribution is -0.149. The highest BCUT2D eigenvalue weighted by atomic mass is 16.6. The van der Waals surface area contributed by atoms with Gasteiger partial charge in [-0.2, -0.15) is 0 Å². The van der Waals surface area contributed by atoms with Crippen molar-refractivity contribution in [3.63, 3.8) is 0 Å². The van der Waals surface area contributed by atoms with Crippen LogP contribution in [0.1, 0.15) is 53.3 Å². The maximum absolute atomic E-state index is 12.8. The number of hydrogen-bond donors (Lipinski definition) is 1. The van der Waals surface area contributed by atoms with Gasteiger partial charge in [0.2, 0.25) is 5.91 Å². The summed E-state index contributed by atoms with van der Waals surface area (Å²) < 4.78 is 16.0. The number of Topliss-reactive ketones (excluding diaryl/α,β-unsaturated/α-hetero) is 1. The average Bonchev–Trinajstić information content (AvgIpc) is 2.91. The first kappa shape index (κ1) is 25.2. The number of nitrogens with one attached hydrogen (secondary N) is 1. The van der Waals surface area contributed by atoms with Crippen molar-refractivity contribution in [3.8, 4) is 11.5 Å². The Kier molecular flexibility index (Phi) is 8.20. The topological polar surface area (TPSA) is 111 Å². The molecule has 2 aromatic carbocycles. The number of benzene rings is 2. The fraction of sp³-hybridized carbons (Fsp3) is 0.407. The van der Waals surface area contributed by atoms with Crippen LogP contribution in [0.4, 0.5) is 5.69 Å². The Bertz CT molecular complexity index is 1120. The quantitative estimate of drug-likeness (QED) is 0.442. The second kappa shape index (κ2) is 11.7. The molecule has 0 aromatic heterocycles. The molecule has 2 heterocycles. The zero-order valence-electron chi connectivity index (χ0n) is 20.3. The van der Waals surface area contributed by atoms with Crippen LogP contribution in [0, 0.1) is 5.92 Å². The molecule has 2 aliphatic heterocycles. The Morgan fingerprint density at radius 2 is 1.58 bits per heavy atom. The van der Waals surface area contributed by atoms with Crippen LogP contribution in [0.3, 0.4) is 0 Å². The molecule has 2 aliphatic rings. The summed E-state index contributed by atoms with van der Waals surface area (Å²) in [7, 11) is 0. The molecule has 1 fully saturated rings. The second-order valence-corrected chi connectivity index (χ2v) is 8.73. The molecule has 1 saturated heterocycles. The molecule has 0 saturated carbocycles. The predicted molar refractivity (Wildman–Crippen MR) is 131 cm³/mol. The number of rotatable bonds is 8. The minimum Gasteiger partial charge on any atom is -0.486 e. The lowest BCUT2D eigenvalue weighted by Gasteiger charge is -2.31. The van der Waals surface area contributed by atoms with Gasteiger partial charge in [-0.05, 0) is 62.2 Å². The number of fused-ring (bicyclic) bond motifs is 1. The minimum atomic E-state index is -0.291. The lowest BCUT2D eigenvalue weighted by atomic mass is 9.96. The zero-order chi connectivity index (χ0) is 25.5. The van der Waals surface area contributed by atoms with Crippen LogP contribution in [0.5, 0.6) is 11.5 Å². The Balaban J connectivity index is 1.24. The third-order valence-corrected chi connectivity index (χ3v) is 6.26. The summed E-state index contributed by atoms with van der Waals surface area (Å²) >= 11 is 0. The van der Waals surface area contributed by atoms with Gasteiger partial charge in [-0.3, -0.25) is 19.2 Å². The van der Waals surface area contributed by atoms with E-state index < -0.39 is 0 Å². The summed E-state index contributed by atoms with van der Waals surface area (Å²) in [5.74, 6) is 0.231. The maximum atomic E-state index is 12.8. The van der Waals surface area contributed by atoms with Crippen molar-refractivity contribution in [1.29, 1.82) is 0 Å². The Hall–Kier alpha value is -3.88. The zero-order valence-corrected chi connectivity index (χ0v) is 20.3. The molecule has 0 radical (unpaired) electrons. The van der Waals surface area contributed by atoms with E-state index in [1.54, 1.807) is 54.3 Å². The largest absolute Gasteiger partial charge is 0.486 e. The third kappa shape index (κ3) is 6.21. The summed E-state index contributed by atoms with van der Waals surface area (Å²) in [6.45, 7) is 4.05. The van der Waals surface area contributed by atoms with Gasteiger partial charge in [-0.25, -0.2) is 0 Å². The molecule has 9 nitrogen and oxygen atoms in total. The number of carbonyl (C=O) groups excluding carboxylic acids is 4. The van der Waals surface area contributed by atoms with E-state index in [-0.39, 0.29) is 42.3 Å². The van der Waals surface area contributed by atoms with Crippen LogP contribution in [0.25, 0.3) is 0 Å². The molecule has 190 valence electrons. The normalized spacial score (nSPS) is 15.2. The first-order chi connectivity index (χ1) is 17.4. The summed E-state index contributed by atoms with van der Waals surface area (Å²) in [4.78, 5) is 51.3. The van der Waals surface area contributed by atoms with Gasteiger partial charge in [0, 0.05) is 42.7 Å². The van der Waals surface area contributed by atoms with E-state index in [1.165, 1.54) is 0 Å². The number of likely N-dealkylation sites (tertiary alicyclic amines) is 1. The molecule has 0 unspecified atom stereocenters. The summed E-state index contributed by atoms with van der Waals surface area (Å²) in [6, 6.07) is 11.7. The maximum Gasteiger partial charge on any atom is 0.309 e. The number of anilines is 1. The van der Waals surface area contributed by atoms with Crippen molar-refractivity contribution >= 4 is 29.3 Å². The standard InChI is InChI=1S/C27H30N2O7/c1-2-34-27(33)19-11-13-29(14-12-19)26(32)18-3-6-21(7-4-18)28-25(31)10-8-22(30)20-5-9-23-24(17-20)36-16-15-35-23/h3-7,9,17,19H,2,8,10-16H2,1H3,(H,28,31). The van der Waals surface area contributed by atoms with E-state index in [9.17, 15) is 19.2 Å². The molecule has 2 aromatic rings. The first-order valence-electron chi connectivity index (χ1n) is 12.2. The van der Waals surface area contributed by atoms with E-state index in [1.807, 2.05) is 0 Å². The smallest absolute Gasteiger partial charge is 0.309 e. The van der Waals surface area contributed by atoms with Gasteiger partial charge in [-0.1, -0.05) is 0 Å². The van der Waals surface area contributed by atoms with E-state index in [2.05, 4.69) is 5.32 Å². The predicted octanol–water partition coefficient (Wildman–Crippen LogP) is 3.47. The number of hydrogen-bond acceptors (Lipinski definition) is 7. The van der Waals surface area contributed by atoms with Gasteiger partial charge in [0.15, 0.2) is 17.3 Å². The van der Waals surface area contributed by atoms with E-state index in [0.717, 1.165) is 0 Å². The molecule has 1 N–H and O–H groups in total. The molecule has 2 amide bonds. The highest BCUT2D eigenvalue weighted by molar-refractivity contribution is 6.00. The van der Waals surface area contributed by atoms with Crippen molar-refractivity contribution in [3.05, 3.63) is 53.6 Å². The van der Waals surface area contributed by atoms with Gasteiger partial charge >= 0.3 is 5.97 Å². The van der Waals surface area contributed by atoms with Crippen LogP contribution in [-0.2, 0) is 14.3 Å². The van der Waals surface area contributed by atoms with Crippen molar-refractivity contribution in [1.82, 2.24) is 4.90 Å².